The Labute approximate surface area is 304 Å². The Hall–Kier alpha value is -6.62. The van der Waals surface area contributed by atoms with E-state index in [1.807, 2.05) is 12.1 Å². The predicted molar refractivity (Wildman–Crippen MR) is 218 cm³/mol. The van der Waals surface area contributed by atoms with Crippen LogP contribution in [0.2, 0.25) is 0 Å². The van der Waals surface area contributed by atoms with Gasteiger partial charge < -0.3 is 4.57 Å². The summed E-state index contributed by atoms with van der Waals surface area (Å²) in [4.78, 5) is 10.5. The number of hydrogen-bond donors (Lipinski definition) is 0. The van der Waals surface area contributed by atoms with Gasteiger partial charge in [0.1, 0.15) is 0 Å². The molecule has 0 saturated carbocycles. The largest absolute Gasteiger partial charge is 0.309 e. The quantitative estimate of drug-likeness (QED) is 0.165. The molecule has 3 nitrogen and oxygen atoms in total. The lowest BCUT2D eigenvalue weighted by Gasteiger charge is -2.31. The molecule has 2 aromatic heterocycles. The molecule has 9 aromatic rings. The molecule has 1 aliphatic heterocycles. The van der Waals surface area contributed by atoms with Crippen molar-refractivity contribution in [3.8, 4) is 50.8 Å². The molecule has 0 N–H and O–H groups in total. The first kappa shape index (κ1) is 30.2. The SMILES string of the molecule is c1ccc(-c2cc(-c3ccccc3)nc(-c3ccc4c(c3)-c3c(c5ccccc5n3-c3ccccc3)[Si]4(c3ccccc3)c3ccccc3)n2)cc1. The summed E-state index contributed by atoms with van der Waals surface area (Å²) in [5.74, 6) is 0.713. The Bertz CT molecular complexity index is 2610. The molecular weight excluding hydrogens is 647 g/mol. The Morgan fingerprint density at radius 2 is 0.923 bits per heavy atom. The summed E-state index contributed by atoms with van der Waals surface area (Å²) in [6.07, 6.45) is 0. The minimum Gasteiger partial charge on any atom is -0.309 e. The topological polar surface area (TPSA) is 30.7 Å². The molecule has 4 heteroatoms. The number of nitrogens with zero attached hydrogens (tertiary/aromatic N) is 3. The Balaban J connectivity index is 1.32. The first-order valence-corrected chi connectivity index (χ1v) is 19.8. The average Bonchev–Trinajstić information content (AvgIpc) is 3.73. The molecule has 52 heavy (non-hydrogen) atoms. The zero-order chi connectivity index (χ0) is 34.5. The van der Waals surface area contributed by atoms with E-state index in [1.54, 1.807) is 0 Å². The van der Waals surface area contributed by atoms with Gasteiger partial charge in [0.05, 0.1) is 22.6 Å². The van der Waals surface area contributed by atoms with E-state index in [0.717, 1.165) is 33.8 Å². The van der Waals surface area contributed by atoms with Gasteiger partial charge in [0.2, 0.25) is 0 Å². The summed E-state index contributed by atoms with van der Waals surface area (Å²) in [6.45, 7) is 0. The third-order valence-corrected chi connectivity index (χ3v) is 15.4. The van der Waals surface area contributed by atoms with Crippen LogP contribution in [0.4, 0.5) is 0 Å². The fraction of sp³-hybridized carbons (Fsp3) is 0. The van der Waals surface area contributed by atoms with Crippen molar-refractivity contribution in [3.63, 3.8) is 0 Å². The highest BCUT2D eigenvalue weighted by Crippen LogP contribution is 2.39. The Kier molecular flexibility index (Phi) is 7.15. The lowest BCUT2D eigenvalue weighted by atomic mass is 10.0. The molecule has 10 rings (SSSR count). The van der Waals surface area contributed by atoms with Crippen LogP contribution in [0.3, 0.4) is 0 Å². The van der Waals surface area contributed by atoms with E-state index in [1.165, 1.54) is 42.9 Å². The minimum absolute atomic E-state index is 0.713. The van der Waals surface area contributed by atoms with Gasteiger partial charge in [-0.25, -0.2) is 9.97 Å². The predicted octanol–water partition coefficient (Wildman–Crippen LogP) is 8.78. The molecule has 7 aromatic carbocycles. The van der Waals surface area contributed by atoms with Crippen molar-refractivity contribution < 1.29 is 0 Å². The van der Waals surface area contributed by atoms with Crippen molar-refractivity contribution in [2.24, 2.45) is 0 Å². The fourth-order valence-electron chi connectivity index (χ4n) is 8.29. The molecule has 0 unspecified atom stereocenters. The van der Waals surface area contributed by atoms with E-state index in [4.69, 9.17) is 9.97 Å². The van der Waals surface area contributed by atoms with Gasteiger partial charge in [0.15, 0.2) is 13.9 Å². The van der Waals surface area contributed by atoms with Gasteiger partial charge in [0, 0.05) is 27.8 Å². The second-order valence-electron chi connectivity index (χ2n) is 13.3. The first-order valence-electron chi connectivity index (χ1n) is 17.8. The monoisotopic (exact) mass is 679 g/mol. The molecule has 0 aliphatic carbocycles. The number of para-hydroxylation sites is 2. The van der Waals surface area contributed by atoms with E-state index in [2.05, 4.69) is 193 Å². The summed E-state index contributed by atoms with van der Waals surface area (Å²) in [5.41, 5.74) is 9.79. The molecule has 0 radical (unpaired) electrons. The molecule has 0 spiro atoms. The fourth-order valence-corrected chi connectivity index (χ4v) is 13.6. The van der Waals surface area contributed by atoms with Gasteiger partial charge in [-0.05, 0) is 56.6 Å². The lowest BCUT2D eigenvalue weighted by molar-refractivity contribution is 1.14. The van der Waals surface area contributed by atoms with Crippen LogP contribution in [0.5, 0.6) is 0 Å². The highest BCUT2D eigenvalue weighted by atomic mass is 28.3. The van der Waals surface area contributed by atoms with Crippen molar-refractivity contribution in [3.05, 3.63) is 200 Å². The summed E-state index contributed by atoms with van der Waals surface area (Å²) in [6, 6.07) is 72.2. The molecule has 1 aliphatic rings. The van der Waals surface area contributed by atoms with Gasteiger partial charge in [-0.3, -0.25) is 0 Å². The van der Waals surface area contributed by atoms with Crippen molar-refractivity contribution in [1.29, 1.82) is 0 Å². The normalized spacial score (nSPS) is 12.8. The van der Waals surface area contributed by atoms with Gasteiger partial charge in [-0.15, -0.1) is 0 Å². The van der Waals surface area contributed by atoms with Crippen LogP contribution in [-0.2, 0) is 0 Å². The number of fused-ring (bicyclic) bond motifs is 5. The number of aromatic nitrogens is 3. The summed E-state index contributed by atoms with van der Waals surface area (Å²) >= 11 is 0. The van der Waals surface area contributed by atoms with Crippen LogP contribution in [0.1, 0.15) is 0 Å². The average molecular weight is 680 g/mol. The summed E-state index contributed by atoms with van der Waals surface area (Å²) in [5, 5.41) is 6.86. The van der Waals surface area contributed by atoms with Crippen LogP contribution < -0.4 is 20.7 Å². The van der Waals surface area contributed by atoms with E-state index in [0.29, 0.717) is 5.82 Å². The van der Waals surface area contributed by atoms with Crippen LogP contribution >= 0.6 is 0 Å². The van der Waals surface area contributed by atoms with Crippen LogP contribution in [0, 0.1) is 0 Å². The Morgan fingerprint density at radius 1 is 0.423 bits per heavy atom. The summed E-state index contributed by atoms with van der Waals surface area (Å²) < 4.78 is 2.49. The standard InChI is InChI=1S/C48H33N3Si/c1-6-18-34(19-7-1)42-33-43(35-20-8-2-9-21-35)50-48(49-42)36-30-31-45-41(32-36)46-47(40-28-16-17-29-44(40)51(46)37-22-10-3-11-23-37)52(45,38-24-12-4-13-25-38)39-26-14-5-15-27-39/h1-33H. The second kappa shape index (κ2) is 12.3. The van der Waals surface area contributed by atoms with Crippen LogP contribution in [0.15, 0.2) is 200 Å². The van der Waals surface area contributed by atoms with Crippen LogP contribution in [-0.4, -0.2) is 22.6 Å². The van der Waals surface area contributed by atoms with Gasteiger partial charge in [0.25, 0.3) is 0 Å². The Morgan fingerprint density at radius 3 is 1.50 bits per heavy atom. The number of rotatable bonds is 6. The molecular formula is C48H33N3Si. The third kappa shape index (κ3) is 4.65. The van der Waals surface area contributed by atoms with Crippen LogP contribution in [0.25, 0.3) is 61.8 Å². The van der Waals surface area contributed by atoms with Crippen molar-refractivity contribution >= 4 is 39.7 Å². The van der Waals surface area contributed by atoms with E-state index < -0.39 is 8.07 Å². The van der Waals surface area contributed by atoms with Crippen molar-refractivity contribution in [2.45, 2.75) is 0 Å². The molecule has 0 atom stereocenters. The maximum atomic E-state index is 5.25. The van der Waals surface area contributed by atoms with Crippen molar-refractivity contribution in [1.82, 2.24) is 14.5 Å². The van der Waals surface area contributed by atoms with E-state index in [9.17, 15) is 0 Å². The van der Waals surface area contributed by atoms with E-state index >= 15 is 0 Å². The van der Waals surface area contributed by atoms with Gasteiger partial charge in [-0.1, -0.05) is 170 Å². The molecule has 3 heterocycles. The molecule has 244 valence electrons. The van der Waals surface area contributed by atoms with E-state index in [-0.39, 0.29) is 0 Å². The first-order chi connectivity index (χ1) is 25.8. The number of benzene rings is 7. The van der Waals surface area contributed by atoms with Crippen molar-refractivity contribution in [2.75, 3.05) is 0 Å². The molecule has 0 saturated heterocycles. The lowest BCUT2D eigenvalue weighted by Crippen LogP contribution is -2.72. The molecule has 0 amide bonds. The maximum absolute atomic E-state index is 5.25. The highest BCUT2D eigenvalue weighted by molar-refractivity contribution is 7.23. The maximum Gasteiger partial charge on any atom is 0.183 e. The smallest absolute Gasteiger partial charge is 0.183 e. The number of hydrogen-bond acceptors (Lipinski definition) is 2. The minimum atomic E-state index is -2.81. The van der Waals surface area contributed by atoms with Gasteiger partial charge in [-0.2, -0.15) is 0 Å². The zero-order valence-electron chi connectivity index (χ0n) is 28.4. The summed E-state index contributed by atoms with van der Waals surface area (Å²) in [7, 11) is -2.81. The molecule has 0 bridgehead atoms. The third-order valence-electron chi connectivity index (χ3n) is 10.5. The highest BCUT2D eigenvalue weighted by Gasteiger charge is 2.51. The zero-order valence-corrected chi connectivity index (χ0v) is 29.4. The van der Waals surface area contributed by atoms with Gasteiger partial charge >= 0.3 is 0 Å². The molecule has 0 fully saturated rings. The second-order valence-corrected chi connectivity index (χ2v) is 17.0.